The molecule has 2 heterocycles. The predicted molar refractivity (Wildman–Crippen MR) is 88.7 cm³/mol. The van der Waals surface area contributed by atoms with Gasteiger partial charge in [-0.2, -0.15) is 0 Å². The number of benzene rings is 2. The van der Waals surface area contributed by atoms with Crippen LogP contribution in [-0.2, 0) is 6.54 Å². The fourth-order valence-electron chi connectivity index (χ4n) is 2.66. The summed E-state index contributed by atoms with van der Waals surface area (Å²) in [4.78, 5) is 16.7. The van der Waals surface area contributed by atoms with Crippen molar-refractivity contribution in [1.29, 1.82) is 0 Å². The molecule has 0 saturated carbocycles. The van der Waals surface area contributed by atoms with E-state index in [2.05, 4.69) is 4.98 Å². The average molecular weight is 324 g/mol. The molecule has 0 aliphatic carbocycles. The first-order chi connectivity index (χ1) is 11.8. The van der Waals surface area contributed by atoms with Crippen LogP contribution < -0.4 is 19.8 Å². The van der Waals surface area contributed by atoms with Crippen LogP contribution >= 0.6 is 0 Å². The van der Waals surface area contributed by atoms with Gasteiger partial charge in [-0.1, -0.05) is 12.1 Å². The molecule has 0 saturated heterocycles. The van der Waals surface area contributed by atoms with E-state index in [0.29, 0.717) is 30.7 Å². The highest BCUT2D eigenvalue weighted by atomic mass is 16.7. The molecular formula is C18H16N2O4. The van der Waals surface area contributed by atoms with E-state index in [0.717, 1.165) is 17.0 Å². The maximum atomic E-state index is 12.4. The molecule has 2 aromatic carbocycles. The van der Waals surface area contributed by atoms with Crippen molar-refractivity contribution in [1.82, 2.24) is 9.55 Å². The highest BCUT2D eigenvalue weighted by molar-refractivity contribution is 5.76. The van der Waals surface area contributed by atoms with E-state index in [-0.39, 0.29) is 12.4 Å². The number of para-hydroxylation sites is 1. The summed E-state index contributed by atoms with van der Waals surface area (Å²) in [6, 6.07) is 12.8. The SMILES string of the molecule is O=c1c2ccccc2ncn1CCCOc1ccc2c(c1)OCO2. The maximum Gasteiger partial charge on any atom is 0.261 e. The van der Waals surface area contributed by atoms with Gasteiger partial charge in [0.1, 0.15) is 5.75 Å². The topological polar surface area (TPSA) is 62.6 Å². The summed E-state index contributed by atoms with van der Waals surface area (Å²) in [6.45, 7) is 1.30. The zero-order valence-electron chi connectivity index (χ0n) is 13.0. The quantitative estimate of drug-likeness (QED) is 0.675. The van der Waals surface area contributed by atoms with Crippen LogP contribution in [0, 0.1) is 0 Å². The van der Waals surface area contributed by atoms with Crippen LogP contribution in [0.4, 0.5) is 0 Å². The molecular weight excluding hydrogens is 308 g/mol. The van der Waals surface area contributed by atoms with Gasteiger partial charge in [0.2, 0.25) is 6.79 Å². The van der Waals surface area contributed by atoms with E-state index in [4.69, 9.17) is 14.2 Å². The van der Waals surface area contributed by atoms with Crippen LogP contribution in [0.5, 0.6) is 17.2 Å². The molecule has 0 unspecified atom stereocenters. The van der Waals surface area contributed by atoms with Crippen molar-refractivity contribution < 1.29 is 14.2 Å². The van der Waals surface area contributed by atoms with Crippen LogP contribution in [0.2, 0.25) is 0 Å². The van der Waals surface area contributed by atoms with E-state index in [9.17, 15) is 4.79 Å². The lowest BCUT2D eigenvalue weighted by Gasteiger charge is -2.09. The first kappa shape index (κ1) is 14.6. The molecule has 0 fully saturated rings. The molecule has 3 aromatic rings. The molecule has 122 valence electrons. The molecule has 0 atom stereocenters. The molecule has 0 radical (unpaired) electrons. The molecule has 1 aromatic heterocycles. The van der Waals surface area contributed by atoms with Crippen molar-refractivity contribution in [2.45, 2.75) is 13.0 Å². The molecule has 6 nitrogen and oxygen atoms in total. The van der Waals surface area contributed by atoms with Crippen LogP contribution in [-0.4, -0.2) is 23.0 Å². The van der Waals surface area contributed by atoms with Gasteiger partial charge in [-0.05, 0) is 30.7 Å². The van der Waals surface area contributed by atoms with E-state index >= 15 is 0 Å². The lowest BCUT2D eigenvalue weighted by molar-refractivity contribution is 0.173. The van der Waals surface area contributed by atoms with Crippen LogP contribution in [0.15, 0.2) is 53.6 Å². The van der Waals surface area contributed by atoms with Crippen LogP contribution in [0.25, 0.3) is 10.9 Å². The predicted octanol–water partition coefficient (Wildman–Crippen LogP) is 2.59. The van der Waals surface area contributed by atoms with E-state index < -0.39 is 0 Å². The van der Waals surface area contributed by atoms with Gasteiger partial charge in [-0.25, -0.2) is 4.98 Å². The van der Waals surface area contributed by atoms with Crippen molar-refractivity contribution in [3.05, 3.63) is 59.1 Å². The zero-order chi connectivity index (χ0) is 16.4. The highest BCUT2D eigenvalue weighted by Crippen LogP contribution is 2.35. The maximum absolute atomic E-state index is 12.4. The molecule has 0 spiro atoms. The smallest absolute Gasteiger partial charge is 0.261 e. The van der Waals surface area contributed by atoms with Crippen molar-refractivity contribution >= 4 is 10.9 Å². The van der Waals surface area contributed by atoms with Crippen molar-refractivity contribution in [3.8, 4) is 17.2 Å². The molecule has 1 aliphatic heterocycles. The lowest BCUT2D eigenvalue weighted by Crippen LogP contribution is -2.21. The molecule has 0 bridgehead atoms. The summed E-state index contributed by atoms with van der Waals surface area (Å²) in [6.07, 6.45) is 2.29. The number of hydrogen-bond donors (Lipinski definition) is 0. The third kappa shape index (κ3) is 2.78. The molecule has 4 rings (SSSR count). The molecule has 0 N–H and O–H groups in total. The Morgan fingerprint density at radius 3 is 2.96 bits per heavy atom. The second-order valence-electron chi connectivity index (χ2n) is 5.48. The monoisotopic (exact) mass is 324 g/mol. The van der Waals surface area contributed by atoms with E-state index in [1.54, 1.807) is 17.0 Å². The minimum absolute atomic E-state index is 0.0244. The minimum Gasteiger partial charge on any atom is -0.493 e. The van der Waals surface area contributed by atoms with Gasteiger partial charge in [-0.15, -0.1) is 0 Å². The molecule has 0 amide bonds. The Morgan fingerprint density at radius 1 is 1.12 bits per heavy atom. The van der Waals surface area contributed by atoms with Gasteiger partial charge in [0.05, 0.1) is 23.8 Å². The summed E-state index contributed by atoms with van der Waals surface area (Å²) in [5, 5.41) is 0.636. The number of fused-ring (bicyclic) bond motifs is 2. The third-order valence-electron chi connectivity index (χ3n) is 3.89. The second kappa shape index (κ2) is 6.23. The first-order valence-electron chi connectivity index (χ1n) is 7.78. The largest absolute Gasteiger partial charge is 0.493 e. The van der Waals surface area contributed by atoms with Gasteiger partial charge in [0, 0.05) is 12.6 Å². The summed E-state index contributed by atoms with van der Waals surface area (Å²) in [7, 11) is 0. The Hall–Kier alpha value is -3.02. The van der Waals surface area contributed by atoms with Gasteiger partial charge >= 0.3 is 0 Å². The van der Waals surface area contributed by atoms with E-state index in [1.165, 1.54) is 0 Å². The lowest BCUT2D eigenvalue weighted by atomic mass is 10.2. The molecule has 24 heavy (non-hydrogen) atoms. The first-order valence-corrected chi connectivity index (χ1v) is 7.78. The number of hydrogen-bond acceptors (Lipinski definition) is 5. The minimum atomic E-state index is -0.0244. The van der Waals surface area contributed by atoms with Gasteiger partial charge in [-0.3, -0.25) is 9.36 Å². The van der Waals surface area contributed by atoms with Crippen molar-refractivity contribution in [2.75, 3.05) is 13.4 Å². The number of nitrogens with zero attached hydrogens (tertiary/aromatic N) is 2. The second-order valence-corrected chi connectivity index (χ2v) is 5.48. The van der Waals surface area contributed by atoms with Crippen molar-refractivity contribution in [3.63, 3.8) is 0 Å². The number of ether oxygens (including phenoxy) is 3. The zero-order valence-corrected chi connectivity index (χ0v) is 13.0. The summed E-state index contributed by atoms with van der Waals surface area (Å²) in [5.74, 6) is 2.15. The Bertz CT molecular complexity index is 936. The fourth-order valence-corrected chi connectivity index (χ4v) is 2.66. The highest BCUT2D eigenvalue weighted by Gasteiger charge is 2.13. The standard InChI is InChI=1S/C18H16N2O4/c21-18-14-4-1-2-5-15(14)19-11-20(18)8-3-9-22-13-6-7-16-17(10-13)24-12-23-16/h1-2,4-7,10-11H,3,8-9,12H2. The Labute approximate surface area is 138 Å². The number of rotatable bonds is 5. The number of aromatic nitrogens is 2. The van der Waals surface area contributed by atoms with Gasteiger partial charge in [0.25, 0.3) is 5.56 Å². The van der Waals surface area contributed by atoms with Gasteiger partial charge < -0.3 is 14.2 Å². The molecule has 1 aliphatic rings. The number of aryl methyl sites for hydroxylation is 1. The molecule has 6 heteroatoms. The van der Waals surface area contributed by atoms with Crippen molar-refractivity contribution in [2.24, 2.45) is 0 Å². The average Bonchev–Trinajstić information content (AvgIpc) is 3.08. The normalized spacial score (nSPS) is 12.5. The summed E-state index contributed by atoms with van der Waals surface area (Å²) < 4.78 is 17.9. The summed E-state index contributed by atoms with van der Waals surface area (Å²) in [5.41, 5.74) is 0.694. The van der Waals surface area contributed by atoms with E-state index in [1.807, 2.05) is 36.4 Å². The Morgan fingerprint density at radius 2 is 2.00 bits per heavy atom. The fraction of sp³-hybridized carbons (Fsp3) is 0.222. The third-order valence-corrected chi connectivity index (χ3v) is 3.89. The van der Waals surface area contributed by atoms with Crippen LogP contribution in [0.1, 0.15) is 6.42 Å². The Kier molecular flexibility index (Phi) is 3.78. The summed E-state index contributed by atoms with van der Waals surface area (Å²) >= 11 is 0. The van der Waals surface area contributed by atoms with Gasteiger partial charge in [0.15, 0.2) is 11.5 Å². The van der Waals surface area contributed by atoms with Crippen LogP contribution in [0.3, 0.4) is 0 Å². The Balaban J connectivity index is 1.38.